The summed E-state index contributed by atoms with van der Waals surface area (Å²) in [5, 5.41) is 3.12. The molecule has 1 amide bonds. The Morgan fingerprint density at radius 2 is 1.74 bits per heavy atom. The maximum absolute atomic E-state index is 12.5. The number of rotatable bonds is 7. The number of fused-ring (bicyclic) bond motifs is 2. The number of hydrogen-bond acceptors (Lipinski definition) is 4. The molecule has 0 aromatic heterocycles. The molecule has 1 unspecified atom stereocenters. The van der Waals surface area contributed by atoms with Gasteiger partial charge in [0.2, 0.25) is 5.91 Å². The maximum atomic E-state index is 12.5. The summed E-state index contributed by atoms with van der Waals surface area (Å²) in [5.41, 5.74) is 2.38. The van der Waals surface area contributed by atoms with Crippen molar-refractivity contribution < 1.29 is 4.79 Å². The molecule has 1 aliphatic carbocycles. The molecule has 1 aliphatic heterocycles. The normalized spacial score (nSPS) is 16.6. The Hall–Kier alpha value is -1.98. The van der Waals surface area contributed by atoms with Gasteiger partial charge in [0, 0.05) is 41.4 Å². The predicted octanol–water partition coefficient (Wildman–Crippen LogP) is 4.28. The maximum Gasteiger partial charge on any atom is 0.221 e. The van der Waals surface area contributed by atoms with E-state index in [0.717, 1.165) is 12.6 Å². The monoisotopic (exact) mass is 381 g/mol. The van der Waals surface area contributed by atoms with Crippen LogP contribution in [0.5, 0.6) is 0 Å². The van der Waals surface area contributed by atoms with Crippen molar-refractivity contribution in [2.45, 2.75) is 48.1 Å². The van der Waals surface area contributed by atoms with Crippen molar-refractivity contribution in [3.05, 3.63) is 48.5 Å². The molecule has 1 N–H and O–H groups in total. The number of likely N-dealkylation sites (N-methyl/N-ethyl adjacent to an activating group) is 1. The summed E-state index contributed by atoms with van der Waals surface area (Å²) in [7, 11) is 2.16. The van der Waals surface area contributed by atoms with Crippen LogP contribution in [0.15, 0.2) is 58.3 Å². The smallest absolute Gasteiger partial charge is 0.221 e. The van der Waals surface area contributed by atoms with Gasteiger partial charge in [-0.2, -0.15) is 0 Å². The van der Waals surface area contributed by atoms with Crippen molar-refractivity contribution in [2.75, 3.05) is 25.0 Å². The molecule has 142 valence electrons. The molecule has 1 fully saturated rings. The van der Waals surface area contributed by atoms with Crippen molar-refractivity contribution >= 4 is 29.0 Å². The number of hydrogen-bond donors (Lipinski definition) is 1. The van der Waals surface area contributed by atoms with E-state index in [9.17, 15) is 4.79 Å². The number of carbonyl (C=O) groups is 1. The van der Waals surface area contributed by atoms with E-state index in [-0.39, 0.29) is 5.91 Å². The third kappa shape index (κ3) is 4.14. The average Bonchev–Trinajstić information content (AvgIpc) is 3.54. The highest BCUT2D eigenvalue weighted by Gasteiger charge is 2.29. The summed E-state index contributed by atoms with van der Waals surface area (Å²) < 4.78 is 0. The third-order valence-electron chi connectivity index (χ3n) is 5.51. The van der Waals surface area contributed by atoms with Crippen LogP contribution >= 0.6 is 11.8 Å². The van der Waals surface area contributed by atoms with E-state index in [1.165, 1.54) is 34.0 Å². The average molecular weight is 382 g/mol. The van der Waals surface area contributed by atoms with Gasteiger partial charge in [-0.05, 0) is 51.1 Å². The summed E-state index contributed by atoms with van der Waals surface area (Å²) >= 11 is 1.80. The molecule has 5 heteroatoms. The van der Waals surface area contributed by atoms with E-state index < -0.39 is 0 Å². The Morgan fingerprint density at radius 3 is 2.33 bits per heavy atom. The van der Waals surface area contributed by atoms with Crippen LogP contribution in [0.3, 0.4) is 0 Å². The van der Waals surface area contributed by atoms with Crippen LogP contribution in [0.25, 0.3) is 0 Å². The van der Waals surface area contributed by atoms with Crippen LogP contribution in [0, 0.1) is 0 Å². The van der Waals surface area contributed by atoms with Crippen LogP contribution in [-0.4, -0.2) is 43.0 Å². The molecule has 0 spiro atoms. The van der Waals surface area contributed by atoms with Gasteiger partial charge in [-0.3, -0.25) is 9.69 Å². The third-order valence-corrected chi connectivity index (χ3v) is 6.64. The minimum atomic E-state index is 0.124. The summed E-state index contributed by atoms with van der Waals surface area (Å²) in [6.45, 7) is 3.59. The predicted molar refractivity (Wildman–Crippen MR) is 112 cm³/mol. The molecule has 27 heavy (non-hydrogen) atoms. The van der Waals surface area contributed by atoms with E-state index in [2.05, 4.69) is 77.6 Å². The van der Waals surface area contributed by atoms with E-state index in [0.29, 0.717) is 19.0 Å². The van der Waals surface area contributed by atoms with Gasteiger partial charge in [-0.25, -0.2) is 0 Å². The number of benzene rings is 2. The summed E-state index contributed by atoms with van der Waals surface area (Å²) in [4.78, 5) is 19.6. The molecule has 1 saturated carbocycles. The topological polar surface area (TPSA) is 35.6 Å². The van der Waals surface area contributed by atoms with Gasteiger partial charge >= 0.3 is 0 Å². The molecule has 4 rings (SSSR count). The number of carbonyl (C=O) groups excluding carboxylic acids is 1. The van der Waals surface area contributed by atoms with Gasteiger partial charge < -0.3 is 10.2 Å². The van der Waals surface area contributed by atoms with Crippen molar-refractivity contribution in [2.24, 2.45) is 0 Å². The summed E-state index contributed by atoms with van der Waals surface area (Å²) in [6.07, 6.45) is 3.08. The zero-order valence-electron chi connectivity index (χ0n) is 16.0. The molecule has 2 aliphatic rings. The van der Waals surface area contributed by atoms with Gasteiger partial charge in [0.15, 0.2) is 0 Å². The Labute approximate surface area is 165 Å². The van der Waals surface area contributed by atoms with Gasteiger partial charge in [-0.15, -0.1) is 0 Å². The lowest BCUT2D eigenvalue weighted by atomic mass is 10.2. The highest BCUT2D eigenvalue weighted by molar-refractivity contribution is 7.99. The van der Waals surface area contributed by atoms with E-state index in [1.54, 1.807) is 11.8 Å². The molecule has 2 aromatic carbocycles. The van der Waals surface area contributed by atoms with Gasteiger partial charge in [0.05, 0.1) is 11.4 Å². The molecule has 0 saturated heterocycles. The van der Waals surface area contributed by atoms with E-state index in [1.807, 2.05) is 0 Å². The fourth-order valence-electron chi connectivity index (χ4n) is 3.57. The van der Waals surface area contributed by atoms with Crippen LogP contribution in [0.4, 0.5) is 11.4 Å². The summed E-state index contributed by atoms with van der Waals surface area (Å²) in [5.74, 6) is 0.124. The fourth-order valence-corrected chi connectivity index (χ4v) is 4.67. The number of nitrogens with one attached hydrogen (secondary N) is 1. The van der Waals surface area contributed by atoms with Crippen LogP contribution in [0.1, 0.15) is 26.2 Å². The van der Waals surface area contributed by atoms with Gasteiger partial charge in [0.25, 0.3) is 0 Å². The first kappa shape index (κ1) is 18.4. The number of anilines is 2. The molecular formula is C22H27N3OS. The Bertz CT molecular complexity index is 775. The molecule has 0 radical (unpaired) electrons. The fraction of sp³-hybridized carbons (Fsp3) is 0.409. The zero-order chi connectivity index (χ0) is 18.8. The molecule has 0 bridgehead atoms. The van der Waals surface area contributed by atoms with Gasteiger partial charge in [0.1, 0.15) is 0 Å². The van der Waals surface area contributed by atoms with Crippen LogP contribution in [0.2, 0.25) is 0 Å². The highest BCUT2D eigenvalue weighted by atomic mass is 32.2. The summed E-state index contributed by atoms with van der Waals surface area (Å²) in [6, 6.07) is 18.0. The van der Waals surface area contributed by atoms with Gasteiger partial charge in [-0.1, -0.05) is 36.0 Å². The molecule has 1 atom stereocenters. The van der Waals surface area contributed by atoms with Crippen molar-refractivity contribution in [1.82, 2.24) is 10.2 Å². The largest absolute Gasteiger partial charge is 0.354 e. The minimum absolute atomic E-state index is 0.124. The first-order valence-electron chi connectivity index (χ1n) is 9.75. The molecule has 2 aromatic rings. The lowest BCUT2D eigenvalue weighted by molar-refractivity contribution is -0.121. The second-order valence-corrected chi connectivity index (χ2v) is 8.57. The number of nitrogens with zero attached hydrogens (tertiary/aromatic N) is 2. The first-order valence-corrected chi connectivity index (χ1v) is 10.6. The Morgan fingerprint density at radius 1 is 1.15 bits per heavy atom. The van der Waals surface area contributed by atoms with Crippen molar-refractivity contribution in [1.29, 1.82) is 0 Å². The second kappa shape index (κ2) is 7.95. The Balaban J connectivity index is 1.38. The quantitative estimate of drug-likeness (QED) is 0.777. The number of amides is 1. The van der Waals surface area contributed by atoms with Crippen LogP contribution < -0.4 is 10.2 Å². The molecule has 4 nitrogen and oxygen atoms in total. The standard InChI is InChI=1S/C22H27N3OS/c1-16(24(2)17-11-12-17)15-23-22(26)13-14-25-18-7-3-5-9-20(18)27-21-10-6-4-8-19(21)25/h3-10,16-17H,11-15H2,1-2H3,(H,23,26). The molecule has 1 heterocycles. The molecular weight excluding hydrogens is 354 g/mol. The van der Waals surface area contributed by atoms with Crippen molar-refractivity contribution in [3.63, 3.8) is 0 Å². The SMILES string of the molecule is CC(CNC(=O)CCN1c2ccccc2Sc2ccccc21)N(C)C1CC1. The van der Waals surface area contributed by atoms with Crippen molar-refractivity contribution in [3.8, 4) is 0 Å². The van der Waals surface area contributed by atoms with E-state index in [4.69, 9.17) is 0 Å². The highest BCUT2D eigenvalue weighted by Crippen LogP contribution is 2.47. The number of para-hydroxylation sites is 2. The first-order chi connectivity index (χ1) is 13.1. The minimum Gasteiger partial charge on any atom is -0.354 e. The second-order valence-electron chi connectivity index (χ2n) is 7.49. The lowest BCUT2D eigenvalue weighted by Crippen LogP contribution is -2.41. The lowest BCUT2D eigenvalue weighted by Gasteiger charge is -2.32. The zero-order valence-corrected chi connectivity index (χ0v) is 16.8. The Kier molecular flexibility index (Phi) is 5.41. The van der Waals surface area contributed by atoms with Crippen LogP contribution in [-0.2, 0) is 4.79 Å². The van der Waals surface area contributed by atoms with E-state index >= 15 is 0 Å².